The summed E-state index contributed by atoms with van der Waals surface area (Å²) in [6, 6.07) is 11.3. The molecule has 0 fully saturated rings. The molecule has 1 aliphatic rings. The summed E-state index contributed by atoms with van der Waals surface area (Å²) in [6.07, 6.45) is -1.08. The van der Waals surface area contributed by atoms with Crippen molar-refractivity contribution in [2.24, 2.45) is 23.5 Å². The highest BCUT2D eigenvalue weighted by Gasteiger charge is 2.31. The van der Waals surface area contributed by atoms with Crippen molar-refractivity contribution >= 4 is 31.1 Å². The predicted molar refractivity (Wildman–Crippen MR) is 113 cm³/mol. The van der Waals surface area contributed by atoms with Gasteiger partial charge in [0.25, 0.3) is 5.91 Å². The Balaban J connectivity index is 1.69. The van der Waals surface area contributed by atoms with Crippen molar-refractivity contribution in [3.05, 3.63) is 71.3 Å². The Morgan fingerprint density at radius 1 is 1.17 bits per heavy atom. The molecule has 2 unspecified atom stereocenters. The van der Waals surface area contributed by atoms with Gasteiger partial charge >= 0.3 is 6.18 Å². The highest BCUT2D eigenvalue weighted by atomic mass is 31.1. The lowest BCUT2D eigenvalue weighted by Gasteiger charge is -2.18. The van der Waals surface area contributed by atoms with E-state index in [9.17, 15) is 18.0 Å². The molecule has 0 saturated carbocycles. The van der Waals surface area contributed by atoms with Gasteiger partial charge in [0.15, 0.2) is 0 Å². The summed E-state index contributed by atoms with van der Waals surface area (Å²) >= 11 is 0. The molecule has 4 rings (SSSR count). The quantitative estimate of drug-likeness (QED) is 0.608. The maximum Gasteiger partial charge on any atom is 0.416 e. The van der Waals surface area contributed by atoms with Crippen molar-refractivity contribution in [3.8, 4) is 11.1 Å². The predicted octanol–water partition coefficient (Wildman–Crippen LogP) is 4.28. The number of benzene rings is 2. The van der Waals surface area contributed by atoms with Gasteiger partial charge in [-0.2, -0.15) is 13.2 Å². The minimum absolute atomic E-state index is 0.148. The molecule has 154 valence electrons. The maximum atomic E-state index is 13.0. The highest BCUT2D eigenvalue weighted by Crippen LogP contribution is 2.43. The van der Waals surface area contributed by atoms with Gasteiger partial charge in [0.2, 0.25) is 0 Å². The summed E-state index contributed by atoms with van der Waals surface area (Å²) < 4.78 is 40.8. The number of halogens is 3. The molecule has 1 aliphatic heterocycles. The second-order valence-electron chi connectivity index (χ2n) is 7.03. The standard InChI is InChI=1S/C21H18F3N4OP/c1-28-10-15(14-7-6-13(8-17(14)28)21(22,23)24)11-2-4-12(5-3-11)20-27-16(19(26)29)9-18(25)30-20/h2-10,20,30H,25H2,1H3,(H2,26,29). The second kappa shape index (κ2) is 7.29. The van der Waals surface area contributed by atoms with Gasteiger partial charge < -0.3 is 16.0 Å². The van der Waals surface area contributed by atoms with E-state index in [0.717, 1.165) is 34.2 Å². The number of aliphatic imine (C=N–C) groups is 1. The number of rotatable bonds is 3. The molecular formula is C21H18F3N4OP. The molecule has 0 aliphatic carbocycles. The number of aryl methyl sites for hydroxylation is 1. The molecule has 3 aromatic rings. The van der Waals surface area contributed by atoms with E-state index in [4.69, 9.17) is 11.5 Å². The molecule has 2 atom stereocenters. The first kappa shape index (κ1) is 20.2. The number of primary amides is 1. The number of hydrogen-bond donors (Lipinski definition) is 2. The van der Waals surface area contributed by atoms with E-state index in [2.05, 4.69) is 4.99 Å². The van der Waals surface area contributed by atoms with Crippen molar-refractivity contribution < 1.29 is 18.0 Å². The van der Waals surface area contributed by atoms with Crippen LogP contribution in [0.2, 0.25) is 0 Å². The van der Waals surface area contributed by atoms with Crippen LogP contribution in [-0.2, 0) is 18.0 Å². The average molecular weight is 430 g/mol. The van der Waals surface area contributed by atoms with E-state index in [0.29, 0.717) is 11.0 Å². The van der Waals surface area contributed by atoms with E-state index < -0.39 is 17.6 Å². The largest absolute Gasteiger partial charge is 0.416 e. The first-order chi connectivity index (χ1) is 14.1. The fourth-order valence-corrected chi connectivity index (χ4v) is 4.58. The van der Waals surface area contributed by atoms with Crippen molar-refractivity contribution in [3.63, 3.8) is 0 Å². The zero-order valence-electron chi connectivity index (χ0n) is 15.9. The Bertz CT molecular complexity index is 1210. The van der Waals surface area contributed by atoms with Gasteiger partial charge in [0.1, 0.15) is 5.71 Å². The van der Waals surface area contributed by atoms with Crippen molar-refractivity contribution in [1.82, 2.24) is 4.57 Å². The molecule has 5 nitrogen and oxygen atoms in total. The summed E-state index contributed by atoms with van der Waals surface area (Å²) in [7, 11) is 1.92. The number of nitrogens with zero attached hydrogens (tertiary/aromatic N) is 2. The number of nitrogens with two attached hydrogens (primary N) is 2. The van der Waals surface area contributed by atoms with Crippen LogP contribution in [0.5, 0.6) is 0 Å². The molecule has 4 N–H and O–H groups in total. The summed E-state index contributed by atoms with van der Waals surface area (Å²) in [6.45, 7) is 0. The van der Waals surface area contributed by atoms with Crippen LogP contribution in [0, 0.1) is 0 Å². The van der Waals surface area contributed by atoms with Crippen LogP contribution < -0.4 is 11.5 Å². The Hall–Kier alpha value is -3.12. The van der Waals surface area contributed by atoms with Gasteiger partial charge in [-0.05, 0) is 37.9 Å². The summed E-state index contributed by atoms with van der Waals surface area (Å²) in [4.78, 5) is 15.8. The topological polar surface area (TPSA) is 86.4 Å². The van der Waals surface area contributed by atoms with Crippen LogP contribution in [0.1, 0.15) is 16.9 Å². The Kier molecular flexibility index (Phi) is 4.90. The third kappa shape index (κ3) is 3.71. The van der Waals surface area contributed by atoms with Gasteiger partial charge in [-0.3, -0.25) is 9.79 Å². The number of carbonyl (C=O) groups excluding carboxylic acids is 1. The van der Waals surface area contributed by atoms with Crippen LogP contribution in [0.4, 0.5) is 13.2 Å². The van der Waals surface area contributed by atoms with E-state index >= 15 is 0 Å². The molecule has 0 saturated heterocycles. The molecular weight excluding hydrogens is 412 g/mol. The van der Waals surface area contributed by atoms with E-state index in [1.54, 1.807) is 11.6 Å². The molecule has 2 aromatic carbocycles. The number of amides is 1. The van der Waals surface area contributed by atoms with E-state index in [1.165, 1.54) is 12.1 Å². The molecule has 9 heteroatoms. The summed E-state index contributed by atoms with van der Waals surface area (Å²) in [5.74, 6) is -0.911. The number of carbonyl (C=O) groups is 1. The lowest BCUT2D eigenvalue weighted by Crippen LogP contribution is -2.24. The highest BCUT2D eigenvalue weighted by molar-refractivity contribution is 7.43. The van der Waals surface area contributed by atoms with Crippen LogP contribution in [0.15, 0.2) is 65.2 Å². The lowest BCUT2D eigenvalue weighted by atomic mass is 10.0. The minimum atomic E-state index is -4.39. The fourth-order valence-electron chi connectivity index (χ4n) is 3.48. The van der Waals surface area contributed by atoms with Crippen LogP contribution >= 0.6 is 8.58 Å². The molecule has 0 radical (unpaired) electrons. The Morgan fingerprint density at radius 3 is 2.50 bits per heavy atom. The Morgan fingerprint density at radius 2 is 1.87 bits per heavy atom. The first-order valence-corrected chi connectivity index (χ1v) is 10.1. The molecule has 2 heterocycles. The molecule has 0 bridgehead atoms. The monoisotopic (exact) mass is 430 g/mol. The fraction of sp³-hybridized carbons (Fsp3) is 0.143. The minimum Gasteiger partial charge on any atom is -0.399 e. The number of aromatic nitrogens is 1. The van der Waals surface area contributed by atoms with Crippen LogP contribution in [0.25, 0.3) is 22.0 Å². The van der Waals surface area contributed by atoms with Gasteiger partial charge in [-0.25, -0.2) is 0 Å². The van der Waals surface area contributed by atoms with E-state index in [-0.39, 0.29) is 20.1 Å². The van der Waals surface area contributed by atoms with Gasteiger partial charge in [-0.1, -0.05) is 30.3 Å². The molecule has 1 amide bonds. The van der Waals surface area contributed by atoms with E-state index in [1.807, 2.05) is 30.5 Å². The van der Waals surface area contributed by atoms with Gasteiger partial charge in [0, 0.05) is 35.1 Å². The zero-order valence-corrected chi connectivity index (χ0v) is 16.9. The number of fused-ring (bicyclic) bond motifs is 1. The van der Waals surface area contributed by atoms with Crippen molar-refractivity contribution in [2.75, 3.05) is 0 Å². The summed E-state index contributed by atoms with van der Waals surface area (Å²) in [5.41, 5.74) is 14.4. The smallest absolute Gasteiger partial charge is 0.399 e. The van der Waals surface area contributed by atoms with Gasteiger partial charge in [0.05, 0.1) is 11.3 Å². The zero-order chi connectivity index (χ0) is 21.6. The Labute approximate surface area is 172 Å². The average Bonchev–Trinajstić information content (AvgIpc) is 3.03. The number of hydrogen-bond acceptors (Lipinski definition) is 3. The normalized spacial score (nSPS) is 17.8. The van der Waals surface area contributed by atoms with Crippen LogP contribution in [-0.4, -0.2) is 16.2 Å². The first-order valence-electron chi connectivity index (χ1n) is 9.01. The molecule has 0 spiro atoms. The van der Waals surface area contributed by atoms with Crippen LogP contribution in [0.3, 0.4) is 0 Å². The molecule has 30 heavy (non-hydrogen) atoms. The maximum absolute atomic E-state index is 13.0. The third-order valence-corrected chi connectivity index (χ3v) is 6.19. The lowest BCUT2D eigenvalue weighted by molar-refractivity contribution is -0.137. The summed E-state index contributed by atoms with van der Waals surface area (Å²) in [5, 5.41) is 0.735. The van der Waals surface area contributed by atoms with Crippen molar-refractivity contribution in [2.45, 2.75) is 12.0 Å². The SMILES string of the molecule is Cn1cc(-c2ccc(C3N=C(C(N)=O)C=C(N)P3)cc2)c2ccc(C(F)(F)F)cc21. The second-order valence-corrected chi connectivity index (χ2v) is 8.44. The third-order valence-electron chi connectivity index (χ3n) is 4.97. The van der Waals surface area contributed by atoms with Crippen molar-refractivity contribution in [1.29, 1.82) is 0 Å². The molecule has 1 aromatic heterocycles. The van der Waals surface area contributed by atoms with Gasteiger partial charge in [-0.15, -0.1) is 0 Å². The number of alkyl halides is 3.